The molecule has 0 atom stereocenters. The van der Waals surface area contributed by atoms with Crippen molar-refractivity contribution in [2.45, 2.75) is 0 Å². The molecule has 0 bridgehead atoms. The molecule has 1 heterocycles. The number of aromatic nitrogens is 2. The standard InChI is InChI=1S/C15H7FN4S/c16-11-2-4-14-13(6-11)19-15(21)20(14)12-3-1-9(7-17)10(5-12)8-18/h1-6H,(H,19,21). The lowest BCUT2D eigenvalue weighted by Crippen LogP contribution is -1.96. The maximum absolute atomic E-state index is 13.3. The van der Waals surface area contributed by atoms with Crippen LogP contribution in [0.1, 0.15) is 11.1 Å². The van der Waals surface area contributed by atoms with Crippen LogP contribution in [0.25, 0.3) is 16.7 Å². The molecule has 0 saturated heterocycles. The number of hydrogen-bond acceptors (Lipinski definition) is 3. The van der Waals surface area contributed by atoms with Gasteiger partial charge in [0.1, 0.15) is 18.0 Å². The molecule has 21 heavy (non-hydrogen) atoms. The normalized spacial score (nSPS) is 10.2. The lowest BCUT2D eigenvalue weighted by atomic mass is 10.1. The Labute approximate surface area is 124 Å². The molecule has 0 saturated carbocycles. The van der Waals surface area contributed by atoms with Crippen LogP contribution in [0, 0.1) is 33.3 Å². The first kappa shape index (κ1) is 13.0. The number of nitriles is 2. The van der Waals surface area contributed by atoms with E-state index in [0.29, 0.717) is 27.1 Å². The van der Waals surface area contributed by atoms with Crippen LogP contribution in [0.2, 0.25) is 0 Å². The molecule has 6 heteroatoms. The van der Waals surface area contributed by atoms with E-state index in [0.717, 1.165) is 0 Å². The second-order valence-corrected chi connectivity index (χ2v) is 4.77. The van der Waals surface area contributed by atoms with Crippen LogP contribution in [0.4, 0.5) is 4.39 Å². The van der Waals surface area contributed by atoms with Crippen LogP contribution in [0.5, 0.6) is 0 Å². The molecule has 1 N–H and O–H groups in total. The predicted octanol–water partition coefficient (Wildman–Crippen LogP) is 3.57. The van der Waals surface area contributed by atoms with Gasteiger partial charge in [-0.1, -0.05) is 0 Å². The summed E-state index contributed by atoms with van der Waals surface area (Å²) >= 11 is 5.26. The van der Waals surface area contributed by atoms with Crippen molar-refractivity contribution >= 4 is 23.3 Å². The molecule has 0 spiro atoms. The van der Waals surface area contributed by atoms with Crippen LogP contribution in [0.15, 0.2) is 36.4 Å². The Balaban J connectivity index is 2.32. The minimum atomic E-state index is -0.358. The van der Waals surface area contributed by atoms with Crippen LogP contribution in [0.3, 0.4) is 0 Å². The number of aromatic amines is 1. The van der Waals surface area contributed by atoms with E-state index >= 15 is 0 Å². The van der Waals surface area contributed by atoms with Gasteiger partial charge in [-0.2, -0.15) is 10.5 Å². The van der Waals surface area contributed by atoms with E-state index in [1.165, 1.54) is 12.1 Å². The Morgan fingerprint density at radius 1 is 1.05 bits per heavy atom. The van der Waals surface area contributed by atoms with Gasteiger partial charge in [-0.25, -0.2) is 4.39 Å². The zero-order valence-corrected chi connectivity index (χ0v) is 11.4. The fourth-order valence-corrected chi connectivity index (χ4v) is 2.52. The van der Waals surface area contributed by atoms with Crippen molar-refractivity contribution in [3.05, 3.63) is 58.1 Å². The predicted molar refractivity (Wildman–Crippen MR) is 77.8 cm³/mol. The Kier molecular flexibility index (Phi) is 3.02. The third kappa shape index (κ3) is 2.08. The number of hydrogen-bond donors (Lipinski definition) is 1. The van der Waals surface area contributed by atoms with E-state index in [4.69, 9.17) is 22.7 Å². The third-order valence-electron chi connectivity index (χ3n) is 3.15. The average molecular weight is 294 g/mol. The van der Waals surface area contributed by atoms with E-state index in [1.54, 1.807) is 28.8 Å². The van der Waals surface area contributed by atoms with Crippen LogP contribution in [-0.4, -0.2) is 9.55 Å². The Bertz CT molecular complexity index is 1000. The smallest absolute Gasteiger partial charge is 0.182 e. The van der Waals surface area contributed by atoms with E-state index in [9.17, 15) is 4.39 Å². The van der Waals surface area contributed by atoms with E-state index < -0.39 is 0 Å². The second kappa shape index (κ2) is 4.86. The molecule has 0 amide bonds. The number of rotatable bonds is 1. The molecule has 0 radical (unpaired) electrons. The molecule has 2 aromatic carbocycles. The summed E-state index contributed by atoms with van der Waals surface area (Å²) in [4.78, 5) is 2.92. The number of H-pyrrole nitrogens is 1. The Morgan fingerprint density at radius 3 is 2.52 bits per heavy atom. The number of fused-ring (bicyclic) bond motifs is 1. The van der Waals surface area contributed by atoms with E-state index in [-0.39, 0.29) is 11.4 Å². The van der Waals surface area contributed by atoms with Crippen molar-refractivity contribution in [1.82, 2.24) is 9.55 Å². The molecule has 4 nitrogen and oxygen atoms in total. The van der Waals surface area contributed by atoms with Gasteiger partial charge in [-0.3, -0.25) is 4.57 Å². The van der Waals surface area contributed by atoms with Crippen molar-refractivity contribution in [2.24, 2.45) is 0 Å². The average Bonchev–Trinajstić information content (AvgIpc) is 2.81. The molecule has 3 aromatic rings. The molecular formula is C15H7FN4S. The first-order chi connectivity index (χ1) is 10.1. The van der Waals surface area contributed by atoms with Crippen LogP contribution < -0.4 is 0 Å². The number of nitrogens with one attached hydrogen (secondary N) is 1. The van der Waals surface area contributed by atoms with Crippen molar-refractivity contribution in [3.8, 4) is 17.8 Å². The van der Waals surface area contributed by atoms with Gasteiger partial charge in [0.05, 0.1) is 22.2 Å². The van der Waals surface area contributed by atoms with Crippen LogP contribution >= 0.6 is 12.2 Å². The molecular weight excluding hydrogens is 287 g/mol. The van der Waals surface area contributed by atoms with Crippen LogP contribution in [-0.2, 0) is 0 Å². The zero-order valence-electron chi connectivity index (χ0n) is 10.6. The summed E-state index contributed by atoms with van der Waals surface area (Å²) in [6.07, 6.45) is 0. The minimum absolute atomic E-state index is 0.272. The lowest BCUT2D eigenvalue weighted by molar-refractivity contribution is 0.629. The molecule has 100 valence electrons. The number of halogens is 1. The van der Waals surface area contributed by atoms with E-state index in [2.05, 4.69) is 4.98 Å². The summed E-state index contributed by atoms with van der Waals surface area (Å²) < 4.78 is 15.3. The maximum Gasteiger partial charge on any atom is 0.182 e. The van der Waals surface area contributed by atoms with Gasteiger partial charge in [0.15, 0.2) is 4.77 Å². The molecule has 0 fully saturated rings. The van der Waals surface area contributed by atoms with E-state index in [1.807, 2.05) is 12.1 Å². The summed E-state index contributed by atoms with van der Waals surface area (Å²) in [6.45, 7) is 0. The number of nitrogens with zero attached hydrogens (tertiary/aromatic N) is 3. The quantitative estimate of drug-likeness (QED) is 0.698. The highest BCUT2D eigenvalue weighted by Gasteiger charge is 2.10. The van der Waals surface area contributed by atoms with Crippen molar-refractivity contribution in [1.29, 1.82) is 10.5 Å². The summed E-state index contributed by atoms with van der Waals surface area (Å²) in [7, 11) is 0. The van der Waals surface area contributed by atoms with Gasteiger partial charge in [0, 0.05) is 5.69 Å². The largest absolute Gasteiger partial charge is 0.330 e. The topological polar surface area (TPSA) is 68.3 Å². The van der Waals surface area contributed by atoms with Gasteiger partial charge >= 0.3 is 0 Å². The molecule has 3 rings (SSSR count). The highest BCUT2D eigenvalue weighted by molar-refractivity contribution is 7.71. The first-order valence-electron chi connectivity index (χ1n) is 5.99. The van der Waals surface area contributed by atoms with Crippen molar-refractivity contribution in [2.75, 3.05) is 0 Å². The maximum atomic E-state index is 13.3. The van der Waals surface area contributed by atoms with Crippen molar-refractivity contribution in [3.63, 3.8) is 0 Å². The minimum Gasteiger partial charge on any atom is -0.330 e. The zero-order chi connectivity index (χ0) is 15.0. The van der Waals surface area contributed by atoms with Gasteiger partial charge < -0.3 is 4.98 Å². The summed E-state index contributed by atoms with van der Waals surface area (Å²) in [5.41, 5.74) is 2.50. The monoisotopic (exact) mass is 294 g/mol. The Hall–Kier alpha value is -2.96. The molecule has 1 aromatic heterocycles. The molecule has 0 unspecified atom stereocenters. The van der Waals surface area contributed by atoms with Crippen molar-refractivity contribution < 1.29 is 4.39 Å². The van der Waals surface area contributed by atoms with Gasteiger partial charge in [0.25, 0.3) is 0 Å². The SMILES string of the molecule is N#Cc1ccc(-n2c(=S)[nH]c3cc(F)ccc32)cc1C#N. The second-order valence-electron chi connectivity index (χ2n) is 4.38. The lowest BCUT2D eigenvalue weighted by Gasteiger charge is -2.05. The third-order valence-corrected chi connectivity index (χ3v) is 3.43. The Morgan fingerprint density at radius 2 is 1.81 bits per heavy atom. The molecule has 0 aliphatic carbocycles. The number of benzene rings is 2. The van der Waals surface area contributed by atoms with Gasteiger partial charge in [0.2, 0.25) is 0 Å². The highest BCUT2D eigenvalue weighted by Crippen LogP contribution is 2.22. The summed E-state index contributed by atoms with van der Waals surface area (Å²) in [6, 6.07) is 13.1. The van der Waals surface area contributed by atoms with Gasteiger partial charge in [-0.05, 0) is 48.6 Å². The first-order valence-corrected chi connectivity index (χ1v) is 6.40. The fourth-order valence-electron chi connectivity index (χ4n) is 2.20. The molecule has 0 aliphatic rings. The fraction of sp³-hybridized carbons (Fsp3) is 0. The number of imidazole rings is 1. The highest BCUT2D eigenvalue weighted by atomic mass is 32.1. The molecule has 0 aliphatic heterocycles. The summed E-state index contributed by atoms with van der Waals surface area (Å²) in [5, 5.41) is 18.0. The van der Waals surface area contributed by atoms with Gasteiger partial charge in [-0.15, -0.1) is 0 Å². The summed E-state index contributed by atoms with van der Waals surface area (Å²) in [5.74, 6) is -0.358.